The van der Waals surface area contributed by atoms with Crippen molar-refractivity contribution < 1.29 is 22.7 Å². The van der Waals surface area contributed by atoms with E-state index in [2.05, 4.69) is 35.9 Å². The number of anilines is 2. The van der Waals surface area contributed by atoms with E-state index in [0.717, 1.165) is 5.56 Å². The molecule has 4 rings (SSSR count). The van der Waals surface area contributed by atoms with Gasteiger partial charge in [-0.1, -0.05) is 6.07 Å². The van der Waals surface area contributed by atoms with E-state index in [1.54, 1.807) is 89.3 Å². The first-order valence-electron chi connectivity index (χ1n) is 13.3. The third-order valence-electron chi connectivity index (χ3n) is 5.52. The van der Waals surface area contributed by atoms with Crippen molar-refractivity contribution in [2.24, 2.45) is 0 Å². The van der Waals surface area contributed by atoms with Crippen molar-refractivity contribution in [2.75, 3.05) is 10.6 Å². The second kappa shape index (κ2) is 13.3. The molecule has 0 saturated heterocycles. The molecule has 0 bridgehead atoms. The Kier molecular flexibility index (Phi) is 9.73. The molecule has 3 amide bonds. The summed E-state index contributed by atoms with van der Waals surface area (Å²) in [7, 11) is -4.00. The van der Waals surface area contributed by atoms with E-state index in [1.807, 2.05) is 0 Å². The van der Waals surface area contributed by atoms with Gasteiger partial charge in [0, 0.05) is 40.4 Å². The predicted octanol–water partition coefficient (Wildman–Crippen LogP) is 5.62. The van der Waals surface area contributed by atoms with Gasteiger partial charge in [-0.15, -0.1) is 11.3 Å². The lowest BCUT2D eigenvalue weighted by Crippen LogP contribution is -2.40. The number of carbonyl (C=O) groups excluding carboxylic acids is 2. The van der Waals surface area contributed by atoms with Gasteiger partial charge in [-0.25, -0.2) is 27.7 Å². The molecule has 0 saturated carbocycles. The predicted molar refractivity (Wildman–Crippen MR) is 166 cm³/mol. The zero-order valence-corrected chi connectivity index (χ0v) is 26.0. The number of sulfonamides is 1. The smallest absolute Gasteiger partial charge is 0.411 e. The van der Waals surface area contributed by atoms with Crippen LogP contribution in [0, 0.1) is 0 Å². The van der Waals surface area contributed by atoms with E-state index in [0.29, 0.717) is 32.5 Å². The Labute approximate surface area is 254 Å². The Balaban J connectivity index is 1.58. The van der Waals surface area contributed by atoms with Crippen LogP contribution in [0.5, 0.6) is 0 Å². The number of nitrogens with zero attached hydrogens (tertiary/aromatic N) is 3. The summed E-state index contributed by atoms with van der Waals surface area (Å²) in [5, 5.41) is 16.4. The van der Waals surface area contributed by atoms with Crippen molar-refractivity contribution in [1.82, 2.24) is 25.2 Å². The van der Waals surface area contributed by atoms with Gasteiger partial charge < -0.3 is 15.4 Å². The molecule has 0 atom stereocenters. The van der Waals surface area contributed by atoms with Gasteiger partial charge in [0.1, 0.15) is 5.01 Å². The summed E-state index contributed by atoms with van der Waals surface area (Å²) < 4.78 is 34.9. The van der Waals surface area contributed by atoms with Crippen molar-refractivity contribution in [3.63, 3.8) is 0 Å². The van der Waals surface area contributed by atoms with Crippen LogP contribution < -0.4 is 20.7 Å². The second-order valence-electron chi connectivity index (χ2n) is 10.8. The molecule has 4 N–H and O–H groups in total. The maximum atomic E-state index is 13.5. The van der Waals surface area contributed by atoms with Gasteiger partial charge in [0.05, 0.1) is 28.1 Å². The van der Waals surface area contributed by atoms with Crippen LogP contribution in [-0.2, 0) is 21.3 Å². The monoisotopic (exact) mass is 623 g/mol. The topological polar surface area (TPSA) is 164 Å². The van der Waals surface area contributed by atoms with Gasteiger partial charge in [-0.05, 0) is 83.1 Å². The number of hydrogen-bond acceptors (Lipinski definition) is 9. The highest BCUT2D eigenvalue weighted by atomic mass is 32.2. The van der Waals surface area contributed by atoms with Crippen LogP contribution in [0.25, 0.3) is 21.0 Å². The summed E-state index contributed by atoms with van der Waals surface area (Å²) in [5.41, 5.74) is 1.90. The molecule has 2 aromatic carbocycles. The second-order valence-corrected chi connectivity index (χ2v) is 13.5. The van der Waals surface area contributed by atoms with Crippen molar-refractivity contribution in [3.05, 3.63) is 72.7 Å². The van der Waals surface area contributed by atoms with Crippen molar-refractivity contribution in [2.45, 2.75) is 57.7 Å². The Morgan fingerprint density at radius 2 is 1.72 bits per heavy atom. The van der Waals surface area contributed by atoms with Crippen LogP contribution in [0.3, 0.4) is 0 Å². The molecule has 0 radical (unpaired) electrons. The van der Waals surface area contributed by atoms with Gasteiger partial charge in [-0.3, -0.25) is 5.32 Å². The molecular weight excluding hydrogens is 590 g/mol. The number of urea groups is 1. The van der Waals surface area contributed by atoms with E-state index in [9.17, 15) is 18.0 Å². The SMILES string of the molecule is CC(C)OC(=O)Nc1ccc(-c2ncc(-c3ccc(NC(=O)NCc4cccnn4)cc3S(=O)(=O)NC(C)(C)C)s2)cc1. The molecule has 226 valence electrons. The Morgan fingerprint density at radius 1 is 1.00 bits per heavy atom. The Bertz CT molecular complexity index is 1680. The van der Waals surface area contributed by atoms with Gasteiger partial charge in [-0.2, -0.15) is 10.2 Å². The zero-order valence-electron chi connectivity index (χ0n) is 24.3. The fourth-order valence-corrected chi connectivity index (χ4v) is 6.54. The molecular formula is C29H33N7O5S2. The van der Waals surface area contributed by atoms with Crippen LogP contribution in [-0.4, -0.2) is 47.4 Å². The number of amides is 3. The van der Waals surface area contributed by atoms with Gasteiger partial charge in [0.2, 0.25) is 10.0 Å². The molecule has 0 aliphatic carbocycles. The lowest BCUT2D eigenvalue weighted by Gasteiger charge is -2.22. The number of carbonyl (C=O) groups is 2. The van der Waals surface area contributed by atoms with E-state index in [4.69, 9.17) is 4.74 Å². The lowest BCUT2D eigenvalue weighted by molar-refractivity contribution is 0.130. The molecule has 12 nitrogen and oxygen atoms in total. The quantitative estimate of drug-likeness (QED) is 0.187. The Hall–Kier alpha value is -4.40. The highest BCUT2D eigenvalue weighted by Crippen LogP contribution is 2.37. The summed E-state index contributed by atoms with van der Waals surface area (Å²) in [4.78, 5) is 29.6. The summed E-state index contributed by atoms with van der Waals surface area (Å²) in [6, 6.07) is 14.7. The third-order valence-corrected chi connectivity index (χ3v) is 8.40. The van der Waals surface area contributed by atoms with E-state index >= 15 is 0 Å². The molecule has 2 heterocycles. The van der Waals surface area contributed by atoms with Crippen LogP contribution in [0.15, 0.2) is 71.9 Å². The van der Waals surface area contributed by atoms with Crippen molar-refractivity contribution in [3.8, 4) is 21.0 Å². The van der Waals surface area contributed by atoms with Crippen molar-refractivity contribution in [1.29, 1.82) is 0 Å². The largest absolute Gasteiger partial charge is 0.447 e. The highest BCUT2D eigenvalue weighted by molar-refractivity contribution is 7.89. The molecule has 4 aromatic rings. The normalized spacial score (nSPS) is 11.7. The third kappa shape index (κ3) is 9.04. The highest BCUT2D eigenvalue weighted by Gasteiger charge is 2.26. The number of rotatable bonds is 9. The molecule has 14 heteroatoms. The number of thiazole rings is 1. The number of nitrogens with one attached hydrogen (secondary N) is 4. The van der Waals surface area contributed by atoms with Crippen LogP contribution in [0.1, 0.15) is 40.3 Å². The standard InChI is InChI=1S/C29H33N7O5S2/c1-18(2)41-28(38)34-20-10-8-19(9-11-20)26-30-17-24(42-26)23-13-12-21(15-25(23)43(39,40)36-29(3,4)5)33-27(37)31-16-22-7-6-14-32-35-22/h6-15,17-18,36H,16H2,1-5H3,(H,34,38)(H2,31,33,37). The summed E-state index contributed by atoms with van der Waals surface area (Å²) in [5.74, 6) is 0. The number of ether oxygens (including phenoxy) is 1. The fourth-order valence-electron chi connectivity index (χ4n) is 3.85. The first-order valence-corrected chi connectivity index (χ1v) is 15.6. The van der Waals surface area contributed by atoms with E-state index in [-0.39, 0.29) is 17.5 Å². The zero-order chi connectivity index (χ0) is 31.2. The minimum absolute atomic E-state index is 0.00689. The average Bonchev–Trinajstić information content (AvgIpc) is 3.41. The number of hydrogen-bond donors (Lipinski definition) is 4. The maximum absolute atomic E-state index is 13.5. The number of aromatic nitrogens is 3. The minimum Gasteiger partial charge on any atom is -0.447 e. The molecule has 0 aliphatic rings. The first-order chi connectivity index (χ1) is 20.3. The minimum atomic E-state index is -4.00. The van der Waals surface area contributed by atoms with Crippen LogP contribution >= 0.6 is 11.3 Å². The van der Waals surface area contributed by atoms with Gasteiger partial charge >= 0.3 is 12.1 Å². The van der Waals surface area contributed by atoms with Gasteiger partial charge in [0.25, 0.3) is 0 Å². The maximum Gasteiger partial charge on any atom is 0.411 e. The molecule has 0 fully saturated rings. The molecule has 2 aromatic heterocycles. The fraction of sp³-hybridized carbons (Fsp3) is 0.276. The molecule has 0 aliphatic heterocycles. The summed E-state index contributed by atoms with van der Waals surface area (Å²) >= 11 is 1.31. The average molecular weight is 624 g/mol. The summed E-state index contributed by atoms with van der Waals surface area (Å²) in [6.45, 7) is 8.93. The van der Waals surface area contributed by atoms with E-state index in [1.165, 1.54) is 23.6 Å². The Morgan fingerprint density at radius 3 is 2.37 bits per heavy atom. The lowest BCUT2D eigenvalue weighted by atomic mass is 10.1. The van der Waals surface area contributed by atoms with Crippen molar-refractivity contribution >= 4 is 44.9 Å². The summed E-state index contributed by atoms with van der Waals surface area (Å²) in [6.07, 6.45) is 2.36. The number of benzene rings is 2. The van der Waals surface area contributed by atoms with Gasteiger partial charge in [0.15, 0.2) is 0 Å². The molecule has 0 spiro atoms. The van der Waals surface area contributed by atoms with Crippen LogP contribution in [0.2, 0.25) is 0 Å². The molecule has 0 unspecified atom stereocenters. The van der Waals surface area contributed by atoms with E-state index < -0.39 is 27.7 Å². The first kappa shape index (κ1) is 31.5. The molecule has 43 heavy (non-hydrogen) atoms. The van der Waals surface area contributed by atoms with Crippen LogP contribution in [0.4, 0.5) is 21.0 Å².